The minimum absolute atomic E-state index is 0.181. The lowest BCUT2D eigenvalue weighted by Gasteiger charge is -2.09. The summed E-state index contributed by atoms with van der Waals surface area (Å²) < 4.78 is 15.6. The lowest BCUT2D eigenvalue weighted by molar-refractivity contribution is 0.0953. The van der Waals surface area contributed by atoms with Crippen LogP contribution in [0.4, 0.5) is 0 Å². The molecule has 6 nitrogen and oxygen atoms in total. The van der Waals surface area contributed by atoms with Crippen molar-refractivity contribution in [2.45, 2.75) is 13.3 Å². The Morgan fingerprint density at radius 3 is 2.67 bits per heavy atom. The van der Waals surface area contributed by atoms with Gasteiger partial charge in [-0.1, -0.05) is 0 Å². The average molecular weight is 290 g/mol. The van der Waals surface area contributed by atoms with Gasteiger partial charge in [0.2, 0.25) is 0 Å². The van der Waals surface area contributed by atoms with Crippen LogP contribution in [0.3, 0.4) is 0 Å². The molecule has 0 spiro atoms. The molecule has 0 saturated heterocycles. The molecule has 1 N–H and O–H groups in total. The molecular formula is C15H18N2O4. The summed E-state index contributed by atoms with van der Waals surface area (Å²) >= 11 is 0. The monoisotopic (exact) mass is 290 g/mol. The summed E-state index contributed by atoms with van der Waals surface area (Å²) in [6.45, 7) is 2.28. The van der Waals surface area contributed by atoms with Crippen molar-refractivity contribution in [3.05, 3.63) is 41.6 Å². The van der Waals surface area contributed by atoms with Crippen LogP contribution in [0.2, 0.25) is 0 Å². The van der Waals surface area contributed by atoms with Crippen molar-refractivity contribution in [2.75, 3.05) is 20.8 Å². The molecule has 0 saturated carbocycles. The van der Waals surface area contributed by atoms with Gasteiger partial charge in [0.05, 0.1) is 20.4 Å². The molecular weight excluding hydrogens is 272 g/mol. The van der Waals surface area contributed by atoms with Crippen LogP contribution < -0.4 is 14.8 Å². The van der Waals surface area contributed by atoms with Crippen LogP contribution >= 0.6 is 0 Å². The van der Waals surface area contributed by atoms with E-state index in [1.54, 1.807) is 31.5 Å². The first kappa shape index (κ1) is 14.9. The van der Waals surface area contributed by atoms with Gasteiger partial charge in [0.1, 0.15) is 5.76 Å². The van der Waals surface area contributed by atoms with Crippen LogP contribution in [0.5, 0.6) is 11.5 Å². The second-order valence-corrected chi connectivity index (χ2v) is 4.44. The molecule has 1 amide bonds. The first-order valence-electron chi connectivity index (χ1n) is 6.55. The molecule has 0 aliphatic heterocycles. The summed E-state index contributed by atoms with van der Waals surface area (Å²) in [5.74, 6) is 2.30. The van der Waals surface area contributed by atoms with Gasteiger partial charge in [-0.05, 0) is 25.1 Å². The number of aromatic nitrogens is 1. The highest BCUT2D eigenvalue weighted by Gasteiger charge is 2.10. The molecule has 1 aromatic heterocycles. The van der Waals surface area contributed by atoms with Crippen molar-refractivity contribution < 1.29 is 18.7 Å². The van der Waals surface area contributed by atoms with E-state index >= 15 is 0 Å². The zero-order valence-corrected chi connectivity index (χ0v) is 12.3. The van der Waals surface area contributed by atoms with E-state index in [0.29, 0.717) is 35.9 Å². The lowest BCUT2D eigenvalue weighted by atomic mass is 10.2. The molecule has 0 atom stereocenters. The number of rotatable bonds is 6. The van der Waals surface area contributed by atoms with Gasteiger partial charge in [-0.15, -0.1) is 0 Å². The minimum Gasteiger partial charge on any atom is -0.493 e. The zero-order chi connectivity index (χ0) is 15.2. The van der Waals surface area contributed by atoms with E-state index in [1.807, 2.05) is 6.92 Å². The highest BCUT2D eigenvalue weighted by Crippen LogP contribution is 2.27. The van der Waals surface area contributed by atoms with E-state index < -0.39 is 0 Å². The Balaban J connectivity index is 1.93. The number of ether oxygens (including phenoxy) is 2. The van der Waals surface area contributed by atoms with Gasteiger partial charge >= 0.3 is 0 Å². The van der Waals surface area contributed by atoms with E-state index in [1.165, 1.54) is 7.11 Å². The van der Waals surface area contributed by atoms with Crippen LogP contribution in [0.15, 0.2) is 28.8 Å². The van der Waals surface area contributed by atoms with Crippen molar-refractivity contribution in [2.24, 2.45) is 0 Å². The van der Waals surface area contributed by atoms with E-state index in [4.69, 9.17) is 13.9 Å². The predicted octanol–water partition coefficient (Wildman–Crippen LogP) is 1.97. The van der Waals surface area contributed by atoms with E-state index in [9.17, 15) is 4.79 Å². The Morgan fingerprint density at radius 1 is 1.29 bits per heavy atom. The molecule has 1 heterocycles. The normalized spacial score (nSPS) is 10.2. The van der Waals surface area contributed by atoms with Crippen LogP contribution in [0.1, 0.15) is 22.0 Å². The van der Waals surface area contributed by atoms with E-state index in [0.717, 1.165) is 5.76 Å². The number of oxazole rings is 1. The first-order chi connectivity index (χ1) is 10.1. The summed E-state index contributed by atoms with van der Waals surface area (Å²) in [6, 6.07) is 5.03. The Hall–Kier alpha value is -2.50. The van der Waals surface area contributed by atoms with Gasteiger partial charge in [0, 0.05) is 18.5 Å². The van der Waals surface area contributed by atoms with Crippen LogP contribution in [-0.2, 0) is 6.42 Å². The number of nitrogens with one attached hydrogen (secondary N) is 1. The summed E-state index contributed by atoms with van der Waals surface area (Å²) in [5.41, 5.74) is 0.510. The number of aryl methyl sites for hydroxylation is 1. The lowest BCUT2D eigenvalue weighted by Crippen LogP contribution is -2.25. The van der Waals surface area contributed by atoms with Crippen molar-refractivity contribution in [1.29, 1.82) is 0 Å². The maximum atomic E-state index is 12.0. The number of nitrogens with zero attached hydrogens (tertiary/aromatic N) is 1. The highest BCUT2D eigenvalue weighted by atomic mass is 16.5. The molecule has 0 aliphatic carbocycles. The summed E-state index contributed by atoms with van der Waals surface area (Å²) in [6.07, 6.45) is 2.21. The van der Waals surface area contributed by atoms with Gasteiger partial charge in [0.15, 0.2) is 17.4 Å². The number of hydrogen-bond acceptors (Lipinski definition) is 5. The molecule has 2 rings (SSSR count). The number of amides is 1. The average Bonchev–Trinajstić information content (AvgIpc) is 2.91. The molecule has 1 aromatic carbocycles. The fourth-order valence-electron chi connectivity index (χ4n) is 1.88. The standard InChI is InChI=1S/C15H18N2O4/c1-10-9-17-14(21-10)6-7-16-15(18)11-4-5-12(19-2)13(8-11)20-3/h4-5,8-9H,6-7H2,1-3H3,(H,16,18). The second-order valence-electron chi connectivity index (χ2n) is 4.44. The second kappa shape index (κ2) is 6.78. The molecule has 112 valence electrons. The van der Waals surface area contributed by atoms with Gasteiger partial charge in [-0.2, -0.15) is 0 Å². The van der Waals surface area contributed by atoms with Gasteiger partial charge in [0.25, 0.3) is 5.91 Å². The van der Waals surface area contributed by atoms with Gasteiger partial charge < -0.3 is 19.2 Å². The molecule has 0 aliphatic rings. The quantitative estimate of drug-likeness (QED) is 0.880. The summed E-state index contributed by atoms with van der Waals surface area (Å²) in [4.78, 5) is 16.1. The molecule has 2 aromatic rings. The molecule has 21 heavy (non-hydrogen) atoms. The van der Waals surface area contributed by atoms with Crippen molar-refractivity contribution in [1.82, 2.24) is 10.3 Å². The number of carbonyl (C=O) groups is 1. The smallest absolute Gasteiger partial charge is 0.251 e. The number of carbonyl (C=O) groups excluding carboxylic acids is 1. The van der Waals surface area contributed by atoms with Crippen molar-refractivity contribution in [3.63, 3.8) is 0 Å². The Labute approximate surface area is 123 Å². The number of benzene rings is 1. The molecule has 0 unspecified atom stereocenters. The third-order valence-electron chi connectivity index (χ3n) is 2.94. The van der Waals surface area contributed by atoms with E-state index in [-0.39, 0.29) is 5.91 Å². The van der Waals surface area contributed by atoms with Crippen molar-refractivity contribution in [3.8, 4) is 11.5 Å². The third kappa shape index (κ3) is 3.75. The summed E-state index contributed by atoms with van der Waals surface area (Å²) in [7, 11) is 3.08. The highest BCUT2D eigenvalue weighted by molar-refractivity contribution is 5.94. The summed E-state index contributed by atoms with van der Waals surface area (Å²) in [5, 5.41) is 2.81. The topological polar surface area (TPSA) is 73.6 Å². The largest absolute Gasteiger partial charge is 0.493 e. The third-order valence-corrected chi connectivity index (χ3v) is 2.94. The van der Waals surface area contributed by atoms with Gasteiger partial charge in [-0.25, -0.2) is 4.98 Å². The minimum atomic E-state index is -0.181. The van der Waals surface area contributed by atoms with E-state index in [2.05, 4.69) is 10.3 Å². The molecule has 6 heteroatoms. The number of methoxy groups -OCH3 is 2. The molecule has 0 fully saturated rings. The SMILES string of the molecule is COc1ccc(C(=O)NCCc2ncc(C)o2)cc1OC. The Kier molecular flexibility index (Phi) is 4.81. The van der Waals surface area contributed by atoms with Gasteiger partial charge in [-0.3, -0.25) is 4.79 Å². The maximum Gasteiger partial charge on any atom is 0.251 e. The Bertz CT molecular complexity index is 622. The predicted molar refractivity (Wildman–Crippen MR) is 76.8 cm³/mol. The fourth-order valence-corrected chi connectivity index (χ4v) is 1.88. The Morgan fingerprint density at radius 2 is 2.05 bits per heavy atom. The first-order valence-corrected chi connectivity index (χ1v) is 6.55. The zero-order valence-electron chi connectivity index (χ0n) is 12.3. The number of hydrogen-bond donors (Lipinski definition) is 1. The molecule has 0 radical (unpaired) electrons. The van der Waals surface area contributed by atoms with Crippen LogP contribution in [0, 0.1) is 6.92 Å². The molecule has 0 bridgehead atoms. The maximum absolute atomic E-state index is 12.0. The van der Waals surface area contributed by atoms with Crippen LogP contribution in [-0.4, -0.2) is 31.7 Å². The van der Waals surface area contributed by atoms with Crippen molar-refractivity contribution >= 4 is 5.91 Å². The fraction of sp³-hybridized carbons (Fsp3) is 0.333. The van der Waals surface area contributed by atoms with Crippen LogP contribution in [0.25, 0.3) is 0 Å².